The van der Waals surface area contributed by atoms with Gasteiger partial charge in [0.25, 0.3) is 11.8 Å². The zero-order chi connectivity index (χ0) is 20.5. The highest BCUT2D eigenvalue weighted by molar-refractivity contribution is 6.30. The van der Waals surface area contributed by atoms with Gasteiger partial charge in [0.1, 0.15) is 0 Å². The van der Waals surface area contributed by atoms with Gasteiger partial charge in [-0.2, -0.15) is 0 Å². The van der Waals surface area contributed by atoms with Crippen molar-refractivity contribution in [1.82, 2.24) is 0 Å². The first-order valence-electron chi connectivity index (χ1n) is 8.92. The molecule has 0 heterocycles. The van der Waals surface area contributed by atoms with E-state index in [1.807, 2.05) is 6.92 Å². The quantitative estimate of drug-likeness (QED) is 0.541. The van der Waals surface area contributed by atoms with Gasteiger partial charge in [0, 0.05) is 29.0 Å². The van der Waals surface area contributed by atoms with Gasteiger partial charge in [-0.3, -0.25) is 14.4 Å². The van der Waals surface area contributed by atoms with Gasteiger partial charge in [-0.25, -0.2) is 0 Å². The van der Waals surface area contributed by atoms with Gasteiger partial charge in [-0.15, -0.1) is 0 Å². The molecule has 2 aromatic rings. The largest absolute Gasteiger partial charge is 0.326 e. The molecule has 4 N–H and O–H groups in total. The summed E-state index contributed by atoms with van der Waals surface area (Å²) in [5.41, 5.74) is 1.94. The summed E-state index contributed by atoms with van der Waals surface area (Å²) in [6.45, 7) is 4.32. The van der Waals surface area contributed by atoms with Crippen molar-refractivity contribution in [3.63, 3.8) is 0 Å². The van der Waals surface area contributed by atoms with E-state index in [0.717, 1.165) is 4.90 Å². The Morgan fingerprint density at radius 1 is 0.786 bits per heavy atom. The third-order valence-electron chi connectivity index (χ3n) is 3.94. The summed E-state index contributed by atoms with van der Waals surface area (Å²) in [6.07, 6.45) is 0. The molecular weight excluding hydrogens is 380 g/mol. The van der Waals surface area contributed by atoms with Crippen LogP contribution in [0.25, 0.3) is 0 Å². The molecular formula is C20H24ClN4O3+. The minimum atomic E-state index is -0.191. The molecule has 3 amide bonds. The normalized spacial score (nSPS) is 11.4. The fourth-order valence-electron chi connectivity index (χ4n) is 2.55. The maximum atomic E-state index is 12.3. The van der Waals surface area contributed by atoms with E-state index in [9.17, 15) is 14.4 Å². The standard InChI is InChI=1S/C20H23ClN4O3/c1-3-25(12-19(27)23-17-6-4-15(21)5-7-17)13-20(28)24-18-10-8-16(9-11-18)22-14(2)26/h4-11H,3,12-13H2,1-2H3,(H,22,26)(H,23,27)(H,24,28)/p+1. The van der Waals surface area contributed by atoms with Crippen LogP contribution in [0, 0.1) is 0 Å². The number of rotatable bonds is 8. The first-order chi connectivity index (χ1) is 13.4. The monoisotopic (exact) mass is 403 g/mol. The molecule has 0 aliphatic heterocycles. The Morgan fingerprint density at radius 3 is 1.57 bits per heavy atom. The van der Waals surface area contributed by atoms with Gasteiger partial charge in [0.2, 0.25) is 5.91 Å². The summed E-state index contributed by atoms with van der Waals surface area (Å²) in [6, 6.07) is 13.7. The second-order valence-electron chi connectivity index (χ2n) is 6.32. The topological polar surface area (TPSA) is 91.7 Å². The molecule has 0 fully saturated rings. The molecule has 2 aromatic carbocycles. The molecule has 28 heavy (non-hydrogen) atoms. The maximum absolute atomic E-state index is 12.3. The van der Waals surface area contributed by atoms with E-state index in [1.54, 1.807) is 48.5 Å². The Bertz CT molecular complexity index is 822. The second kappa shape index (κ2) is 10.4. The molecule has 0 saturated heterocycles. The Balaban J connectivity index is 1.83. The zero-order valence-electron chi connectivity index (χ0n) is 15.8. The van der Waals surface area contributed by atoms with Gasteiger partial charge in [0.15, 0.2) is 13.1 Å². The summed E-state index contributed by atoms with van der Waals surface area (Å²) >= 11 is 5.83. The lowest BCUT2D eigenvalue weighted by Gasteiger charge is -2.17. The number of hydrogen-bond donors (Lipinski definition) is 4. The average molecular weight is 404 g/mol. The van der Waals surface area contributed by atoms with E-state index in [4.69, 9.17) is 11.6 Å². The Kier molecular flexibility index (Phi) is 7.98. The Morgan fingerprint density at radius 2 is 1.18 bits per heavy atom. The van der Waals surface area contributed by atoms with Crippen LogP contribution in [0.4, 0.5) is 17.1 Å². The molecule has 2 rings (SSSR count). The van der Waals surface area contributed by atoms with Gasteiger partial charge < -0.3 is 20.9 Å². The predicted molar refractivity (Wildman–Crippen MR) is 111 cm³/mol. The number of likely N-dealkylation sites (N-methyl/N-ethyl adjacent to an activating group) is 1. The Labute approximate surface area is 169 Å². The van der Waals surface area contributed by atoms with Crippen LogP contribution in [-0.4, -0.2) is 37.4 Å². The number of anilines is 3. The van der Waals surface area contributed by atoms with E-state index in [2.05, 4.69) is 16.0 Å². The first kappa shape index (κ1) is 21.4. The van der Waals surface area contributed by atoms with Crippen molar-refractivity contribution < 1.29 is 19.3 Å². The van der Waals surface area contributed by atoms with Crippen LogP contribution in [0.15, 0.2) is 48.5 Å². The predicted octanol–water partition coefficient (Wildman–Crippen LogP) is 1.78. The van der Waals surface area contributed by atoms with Crippen LogP contribution in [0.5, 0.6) is 0 Å². The van der Waals surface area contributed by atoms with Crippen molar-refractivity contribution in [3.05, 3.63) is 53.6 Å². The fourth-order valence-corrected chi connectivity index (χ4v) is 2.68. The van der Waals surface area contributed by atoms with Crippen LogP contribution >= 0.6 is 11.6 Å². The van der Waals surface area contributed by atoms with Crippen molar-refractivity contribution in [3.8, 4) is 0 Å². The molecule has 7 nitrogen and oxygen atoms in total. The van der Waals surface area contributed by atoms with Crippen molar-refractivity contribution in [1.29, 1.82) is 0 Å². The average Bonchev–Trinajstić information content (AvgIpc) is 2.64. The third-order valence-corrected chi connectivity index (χ3v) is 4.19. The van der Waals surface area contributed by atoms with Gasteiger partial charge in [-0.1, -0.05) is 11.6 Å². The number of halogens is 1. The number of hydrogen-bond acceptors (Lipinski definition) is 3. The molecule has 0 radical (unpaired) electrons. The van der Waals surface area contributed by atoms with Crippen LogP contribution in [0.1, 0.15) is 13.8 Å². The van der Waals surface area contributed by atoms with Crippen LogP contribution in [0.3, 0.4) is 0 Å². The molecule has 1 unspecified atom stereocenters. The van der Waals surface area contributed by atoms with Gasteiger partial charge in [0.05, 0.1) is 6.54 Å². The summed E-state index contributed by atoms with van der Waals surface area (Å²) in [4.78, 5) is 36.3. The zero-order valence-corrected chi connectivity index (χ0v) is 16.6. The molecule has 0 spiro atoms. The molecule has 0 aromatic heterocycles. The lowest BCUT2D eigenvalue weighted by Crippen LogP contribution is -3.13. The number of amides is 3. The molecule has 0 aliphatic carbocycles. The lowest BCUT2D eigenvalue weighted by atomic mass is 10.2. The van der Waals surface area contributed by atoms with Gasteiger partial charge >= 0.3 is 0 Å². The highest BCUT2D eigenvalue weighted by atomic mass is 35.5. The number of benzene rings is 2. The maximum Gasteiger partial charge on any atom is 0.279 e. The van der Waals surface area contributed by atoms with Crippen LogP contribution < -0.4 is 20.9 Å². The van der Waals surface area contributed by atoms with E-state index in [1.165, 1.54) is 6.92 Å². The highest BCUT2D eigenvalue weighted by Crippen LogP contribution is 2.14. The summed E-state index contributed by atoms with van der Waals surface area (Å²) < 4.78 is 0. The number of quaternary nitrogens is 1. The van der Waals surface area contributed by atoms with Gasteiger partial charge in [-0.05, 0) is 55.5 Å². The second-order valence-corrected chi connectivity index (χ2v) is 6.76. The van der Waals surface area contributed by atoms with Crippen molar-refractivity contribution in [2.75, 3.05) is 35.6 Å². The number of carbonyl (C=O) groups excluding carboxylic acids is 3. The minimum absolute atomic E-state index is 0.157. The van der Waals surface area contributed by atoms with E-state index >= 15 is 0 Å². The molecule has 1 atom stereocenters. The van der Waals surface area contributed by atoms with Crippen LogP contribution in [0.2, 0.25) is 5.02 Å². The van der Waals surface area contributed by atoms with Crippen molar-refractivity contribution >= 4 is 46.4 Å². The summed E-state index contributed by atoms with van der Waals surface area (Å²) in [7, 11) is 0. The molecule has 148 valence electrons. The summed E-state index contributed by atoms with van der Waals surface area (Å²) in [5, 5.41) is 8.85. The van der Waals surface area contributed by atoms with Crippen molar-refractivity contribution in [2.45, 2.75) is 13.8 Å². The third kappa shape index (κ3) is 7.38. The number of carbonyl (C=O) groups is 3. The first-order valence-corrected chi connectivity index (χ1v) is 9.30. The van der Waals surface area contributed by atoms with E-state index in [-0.39, 0.29) is 30.8 Å². The minimum Gasteiger partial charge on any atom is -0.326 e. The highest BCUT2D eigenvalue weighted by Gasteiger charge is 2.17. The number of nitrogens with one attached hydrogen (secondary N) is 4. The lowest BCUT2D eigenvalue weighted by molar-refractivity contribution is -0.881. The fraction of sp³-hybridized carbons (Fsp3) is 0.250. The van der Waals surface area contributed by atoms with Crippen LogP contribution in [-0.2, 0) is 14.4 Å². The van der Waals surface area contributed by atoms with Crippen molar-refractivity contribution in [2.24, 2.45) is 0 Å². The molecule has 8 heteroatoms. The van der Waals surface area contributed by atoms with E-state index < -0.39 is 0 Å². The smallest absolute Gasteiger partial charge is 0.279 e. The molecule has 0 aliphatic rings. The molecule has 0 saturated carbocycles. The Hall–Kier alpha value is -2.90. The summed E-state index contributed by atoms with van der Waals surface area (Å²) in [5.74, 6) is -0.522. The molecule has 0 bridgehead atoms. The van der Waals surface area contributed by atoms with E-state index in [0.29, 0.717) is 28.6 Å². The SMILES string of the molecule is CC[NH+](CC(=O)Nc1ccc(Cl)cc1)CC(=O)Nc1ccc(NC(C)=O)cc1.